The molecule has 12 heteroatoms. The van der Waals surface area contributed by atoms with Crippen molar-refractivity contribution < 1.29 is 22.4 Å². The molecule has 2 unspecified atom stereocenters. The van der Waals surface area contributed by atoms with Gasteiger partial charge in [0.15, 0.2) is 5.69 Å². The minimum absolute atomic E-state index is 0.0628. The number of rotatable bonds is 6. The van der Waals surface area contributed by atoms with Gasteiger partial charge in [0.05, 0.1) is 16.0 Å². The zero-order chi connectivity index (χ0) is 23.0. The van der Waals surface area contributed by atoms with Crippen molar-refractivity contribution in [2.75, 3.05) is 5.84 Å². The van der Waals surface area contributed by atoms with E-state index in [0.29, 0.717) is 6.42 Å². The lowest BCUT2D eigenvalue weighted by Gasteiger charge is -2.21. The van der Waals surface area contributed by atoms with Crippen molar-refractivity contribution in [3.63, 3.8) is 0 Å². The van der Waals surface area contributed by atoms with Crippen molar-refractivity contribution in [3.8, 4) is 5.69 Å². The van der Waals surface area contributed by atoms with Gasteiger partial charge in [0.2, 0.25) is 0 Å². The van der Waals surface area contributed by atoms with Gasteiger partial charge in [-0.3, -0.25) is 9.59 Å². The number of alkyl halides is 3. The van der Waals surface area contributed by atoms with Gasteiger partial charge in [-0.2, -0.15) is 13.2 Å². The smallest absolute Gasteiger partial charge is 0.335 e. The third-order valence-electron chi connectivity index (χ3n) is 4.49. The van der Waals surface area contributed by atoms with Crippen LogP contribution in [0.4, 0.5) is 17.6 Å². The van der Waals surface area contributed by atoms with Crippen molar-refractivity contribution in [3.05, 3.63) is 55.6 Å². The summed E-state index contributed by atoms with van der Waals surface area (Å²) < 4.78 is 53.3. The highest BCUT2D eigenvalue weighted by Gasteiger charge is 2.36. The number of nitrogens with zero attached hydrogens (tertiary/aromatic N) is 2. The largest absolute Gasteiger partial charge is 0.433 e. The number of aromatic nitrogens is 2. The van der Waals surface area contributed by atoms with E-state index in [1.807, 2.05) is 13.8 Å². The minimum Gasteiger partial charge on any atom is -0.335 e. The van der Waals surface area contributed by atoms with Crippen molar-refractivity contribution >= 4 is 29.1 Å². The average molecular weight is 468 g/mol. The predicted octanol–water partition coefficient (Wildman–Crippen LogP) is 3.62. The van der Waals surface area contributed by atoms with Crippen LogP contribution in [0.25, 0.3) is 5.69 Å². The quantitative estimate of drug-likeness (QED) is 0.398. The van der Waals surface area contributed by atoms with Crippen LogP contribution in [0.5, 0.6) is 0 Å². The van der Waals surface area contributed by atoms with Crippen molar-refractivity contribution in [1.29, 1.82) is 0 Å². The normalized spacial score (nSPS) is 13.9. The van der Waals surface area contributed by atoms with Gasteiger partial charge in [-0.05, 0) is 25.0 Å². The van der Waals surface area contributed by atoms with Crippen LogP contribution in [0, 0.1) is 11.7 Å². The summed E-state index contributed by atoms with van der Waals surface area (Å²) in [4.78, 5) is 36.7. The second-order valence-corrected chi connectivity index (χ2v) is 8.21. The lowest BCUT2D eigenvalue weighted by molar-refractivity contribution is -0.143. The number of nitrogens with two attached hydrogens (primary N) is 1. The molecule has 0 amide bonds. The van der Waals surface area contributed by atoms with Crippen molar-refractivity contribution in [2.24, 2.45) is 5.92 Å². The highest BCUT2D eigenvalue weighted by Crippen LogP contribution is 2.37. The number of halogens is 5. The summed E-state index contributed by atoms with van der Waals surface area (Å²) in [5.74, 6) is 3.86. The Morgan fingerprint density at radius 1 is 1.27 bits per heavy atom. The Labute approximate surface area is 177 Å². The molecule has 0 bridgehead atoms. The zero-order valence-electron chi connectivity index (χ0n) is 16.1. The van der Waals surface area contributed by atoms with Crippen LogP contribution >= 0.6 is 23.4 Å². The van der Waals surface area contributed by atoms with Gasteiger partial charge in [0.25, 0.3) is 5.56 Å². The molecule has 2 rings (SSSR count). The fourth-order valence-corrected chi connectivity index (χ4v) is 4.23. The molecule has 2 N–H and O–H groups in total. The lowest BCUT2D eigenvalue weighted by Crippen LogP contribution is -2.45. The van der Waals surface area contributed by atoms with Crippen LogP contribution in [0.3, 0.4) is 0 Å². The molecule has 0 spiro atoms. The van der Waals surface area contributed by atoms with E-state index in [4.69, 9.17) is 17.4 Å². The topological polar surface area (TPSA) is 87.1 Å². The molecule has 1 aromatic carbocycles. The molecule has 0 fully saturated rings. The number of thioether (sulfide) groups is 1. The molecule has 2 aromatic rings. The van der Waals surface area contributed by atoms with E-state index in [-0.39, 0.29) is 36.9 Å². The maximum absolute atomic E-state index is 14.5. The maximum Gasteiger partial charge on any atom is 0.433 e. The number of hydrogen-bond acceptors (Lipinski definition) is 5. The molecule has 0 aliphatic carbocycles. The third kappa shape index (κ3) is 4.72. The van der Waals surface area contributed by atoms with Gasteiger partial charge in [-0.25, -0.2) is 18.4 Å². The van der Waals surface area contributed by atoms with Crippen LogP contribution in [0.15, 0.2) is 32.7 Å². The highest BCUT2D eigenvalue weighted by molar-refractivity contribution is 8.00. The molecule has 0 aliphatic heterocycles. The molecule has 30 heavy (non-hydrogen) atoms. The molecule has 1 heterocycles. The number of benzene rings is 1. The Morgan fingerprint density at radius 3 is 2.37 bits per heavy atom. The molecule has 0 saturated heterocycles. The van der Waals surface area contributed by atoms with E-state index in [9.17, 15) is 31.9 Å². The van der Waals surface area contributed by atoms with Crippen LogP contribution in [0.1, 0.15) is 32.9 Å². The second kappa shape index (κ2) is 8.84. The van der Waals surface area contributed by atoms with Crippen LogP contribution in [0.2, 0.25) is 5.02 Å². The molecular weight excluding hydrogens is 450 g/mol. The third-order valence-corrected chi connectivity index (χ3v) is 6.55. The predicted molar refractivity (Wildman–Crippen MR) is 106 cm³/mol. The number of hydrogen-bond donors (Lipinski definition) is 1. The van der Waals surface area contributed by atoms with E-state index in [1.165, 1.54) is 6.92 Å². The molecule has 2 atom stereocenters. The lowest BCUT2D eigenvalue weighted by atomic mass is 10.0. The minimum atomic E-state index is -5.06. The van der Waals surface area contributed by atoms with E-state index in [0.717, 1.165) is 23.9 Å². The van der Waals surface area contributed by atoms with Gasteiger partial charge >= 0.3 is 11.9 Å². The Balaban J connectivity index is 2.69. The van der Waals surface area contributed by atoms with Crippen molar-refractivity contribution in [1.82, 2.24) is 9.24 Å². The van der Waals surface area contributed by atoms with E-state index in [1.54, 1.807) is 0 Å². The van der Waals surface area contributed by atoms with Gasteiger partial charge in [-0.1, -0.05) is 31.9 Å². The van der Waals surface area contributed by atoms with Gasteiger partial charge in [-0.15, -0.1) is 11.8 Å². The highest BCUT2D eigenvalue weighted by atomic mass is 35.5. The van der Waals surface area contributed by atoms with E-state index in [2.05, 4.69) is 0 Å². The standard InChI is InChI=1S/C18H18ClF4N3O3S/c1-4-8(2)16(9(3)27)30-13-6-12(11(20)5-10(13)19)25-15(28)7-14(18(21,22)23)26(24)17(25)29/h5-8,16H,4,24H2,1-3H3. The van der Waals surface area contributed by atoms with Gasteiger partial charge < -0.3 is 5.84 Å². The van der Waals surface area contributed by atoms with E-state index < -0.39 is 39.9 Å². The molecule has 0 saturated carbocycles. The van der Waals surface area contributed by atoms with Crippen LogP contribution < -0.4 is 17.1 Å². The SMILES string of the molecule is CCC(C)C(Sc1cc(-n2c(=O)cc(C(F)(F)F)n(N)c2=O)c(F)cc1Cl)C(C)=O. The van der Waals surface area contributed by atoms with E-state index >= 15 is 0 Å². The Hall–Kier alpha value is -2.27. The fourth-order valence-electron chi connectivity index (χ4n) is 2.73. The maximum atomic E-state index is 14.5. The fraction of sp³-hybridized carbons (Fsp3) is 0.389. The summed E-state index contributed by atoms with van der Waals surface area (Å²) in [7, 11) is 0. The number of carbonyl (C=O) groups is 1. The molecule has 0 aliphatic rings. The summed E-state index contributed by atoms with van der Waals surface area (Å²) in [5, 5.41) is -0.620. The number of ketones is 1. The summed E-state index contributed by atoms with van der Waals surface area (Å²) >= 11 is 7.08. The second-order valence-electron chi connectivity index (χ2n) is 6.62. The number of nitrogen functional groups attached to an aromatic ring is 1. The number of Topliss-reactive ketones (excluding diaryl/α,β-unsaturated/α-hetero) is 1. The summed E-state index contributed by atoms with van der Waals surface area (Å²) in [5.41, 5.74) is -5.31. The summed E-state index contributed by atoms with van der Waals surface area (Å²) in [6, 6.07) is 1.95. The first-order chi connectivity index (χ1) is 13.8. The Bertz CT molecular complexity index is 1100. The first kappa shape index (κ1) is 24.0. The molecular formula is C18H18ClF4N3O3S. The van der Waals surface area contributed by atoms with Crippen molar-refractivity contribution in [2.45, 2.75) is 43.5 Å². The number of carbonyl (C=O) groups excluding carboxylic acids is 1. The Kier molecular flexibility index (Phi) is 7.08. The van der Waals surface area contributed by atoms with Gasteiger partial charge in [0.1, 0.15) is 11.6 Å². The van der Waals surface area contributed by atoms with Crippen LogP contribution in [-0.4, -0.2) is 20.3 Å². The summed E-state index contributed by atoms with van der Waals surface area (Å²) in [6.07, 6.45) is -4.39. The first-order valence-electron chi connectivity index (χ1n) is 8.67. The molecule has 164 valence electrons. The molecule has 1 aromatic heterocycles. The molecule has 6 nitrogen and oxygen atoms in total. The average Bonchev–Trinajstić information content (AvgIpc) is 2.63. The zero-order valence-corrected chi connectivity index (χ0v) is 17.7. The molecule has 0 radical (unpaired) electrons. The Morgan fingerprint density at radius 2 is 1.87 bits per heavy atom. The summed E-state index contributed by atoms with van der Waals surface area (Å²) in [6.45, 7) is 5.10. The first-order valence-corrected chi connectivity index (χ1v) is 9.93. The monoisotopic (exact) mass is 467 g/mol. The van der Waals surface area contributed by atoms with Crippen LogP contribution in [-0.2, 0) is 11.0 Å². The van der Waals surface area contributed by atoms with Gasteiger partial charge in [0, 0.05) is 11.0 Å².